The number of carbonyl (C=O) groups excluding carboxylic acids is 1. The largest absolute Gasteiger partial charge is 0.494 e. The van der Waals surface area contributed by atoms with Gasteiger partial charge in [0.1, 0.15) is 21.3 Å². The van der Waals surface area contributed by atoms with Crippen molar-refractivity contribution < 1.29 is 14.3 Å². The molecule has 0 aliphatic heterocycles. The number of rotatable bonds is 8. The number of fused-ring (bicyclic) bond motifs is 1. The molecule has 7 heteroatoms. The number of benzene rings is 1. The number of esters is 1. The molecule has 2 aromatic heterocycles. The van der Waals surface area contributed by atoms with E-state index in [1.807, 2.05) is 30.3 Å². The predicted octanol–water partition coefficient (Wildman–Crippen LogP) is 4.82. The van der Waals surface area contributed by atoms with Gasteiger partial charge in [-0.3, -0.25) is 4.79 Å². The number of hydrogen-bond acceptors (Lipinski definition) is 6. The fourth-order valence-electron chi connectivity index (χ4n) is 2.82. The van der Waals surface area contributed by atoms with E-state index in [0.29, 0.717) is 33.1 Å². The minimum atomic E-state index is -0.425. The van der Waals surface area contributed by atoms with Crippen LogP contribution >= 0.6 is 11.3 Å². The van der Waals surface area contributed by atoms with E-state index < -0.39 is 5.97 Å². The van der Waals surface area contributed by atoms with Crippen molar-refractivity contribution in [2.24, 2.45) is 0 Å². The molecule has 6 nitrogen and oxygen atoms in total. The number of aryl methyl sites for hydroxylation is 1. The van der Waals surface area contributed by atoms with Gasteiger partial charge in [-0.05, 0) is 49.6 Å². The number of nitrogens with one attached hydrogen (secondary N) is 1. The van der Waals surface area contributed by atoms with Gasteiger partial charge < -0.3 is 14.5 Å². The van der Waals surface area contributed by atoms with E-state index in [0.717, 1.165) is 24.2 Å². The monoisotopic (exact) mass is 412 g/mol. The molecule has 0 spiro atoms. The Morgan fingerprint density at radius 2 is 1.97 bits per heavy atom. The third-order valence-electron chi connectivity index (χ3n) is 4.36. The normalized spacial score (nSPS) is 11.3. The van der Waals surface area contributed by atoms with Crippen molar-refractivity contribution in [1.29, 1.82) is 0 Å². The molecule has 1 aromatic carbocycles. The predicted molar refractivity (Wildman–Crippen MR) is 117 cm³/mol. The second-order valence-electron chi connectivity index (χ2n) is 6.51. The molecule has 0 saturated heterocycles. The molecule has 0 atom stereocenters. The summed E-state index contributed by atoms with van der Waals surface area (Å²) in [5.74, 6) is 0.845. The van der Waals surface area contributed by atoms with Gasteiger partial charge in [0.25, 0.3) is 5.56 Å². The number of hydrogen-bond donors (Lipinski definition) is 1. The Balaban J connectivity index is 1.81. The lowest BCUT2D eigenvalue weighted by molar-refractivity contribution is 0.0531. The number of H-pyrrole nitrogens is 1. The van der Waals surface area contributed by atoms with E-state index >= 15 is 0 Å². The van der Waals surface area contributed by atoms with E-state index in [1.165, 1.54) is 11.3 Å². The van der Waals surface area contributed by atoms with Crippen molar-refractivity contribution in [2.75, 3.05) is 13.2 Å². The van der Waals surface area contributed by atoms with Gasteiger partial charge in [0, 0.05) is 0 Å². The van der Waals surface area contributed by atoms with Gasteiger partial charge in [-0.1, -0.05) is 31.6 Å². The summed E-state index contributed by atoms with van der Waals surface area (Å²) in [5.41, 5.74) is 1.30. The van der Waals surface area contributed by atoms with E-state index in [2.05, 4.69) is 16.9 Å². The molecule has 3 aromatic rings. The van der Waals surface area contributed by atoms with E-state index in [-0.39, 0.29) is 12.2 Å². The minimum Gasteiger partial charge on any atom is -0.494 e. The van der Waals surface area contributed by atoms with Crippen molar-refractivity contribution in [3.05, 3.63) is 56.4 Å². The molecule has 0 saturated carbocycles. The number of nitrogens with zero attached hydrogens (tertiary/aromatic N) is 1. The Morgan fingerprint density at radius 3 is 2.66 bits per heavy atom. The fourth-order valence-corrected chi connectivity index (χ4v) is 3.90. The summed E-state index contributed by atoms with van der Waals surface area (Å²) < 4.78 is 10.7. The van der Waals surface area contributed by atoms with Gasteiger partial charge in [0.15, 0.2) is 0 Å². The Hall–Kier alpha value is -2.93. The molecular weight excluding hydrogens is 388 g/mol. The summed E-state index contributed by atoms with van der Waals surface area (Å²) in [7, 11) is 0. The van der Waals surface area contributed by atoms with Gasteiger partial charge in [-0.2, -0.15) is 0 Å². The first-order valence-corrected chi connectivity index (χ1v) is 10.5. The van der Waals surface area contributed by atoms with Crippen LogP contribution in [-0.2, 0) is 4.74 Å². The van der Waals surface area contributed by atoms with Crippen LogP contribution in [0, 0.1) is 6.92 Å². The van der Waals surface area contributed by atoms with Gasteiger partial charge in [0.2, 0.25) is 0 Å². The molecule has 152 valence electrons. The Kier molecular flexibility index (Phi) is 6.82. The zero-order chi connectivity index (χ0) is 20.8. The average molecular weight is 413 g/mol. The van der Waals surface area contributed by atoms with E-state index in [1.54, 1.807) is 19.9 Å². The van der Waals surface area contributed by atoms with Crippen LogP contribution in [0.5, 0.6) is 5.75 Å². The summed E-state index contributed by atoms with van der Waals surface area (Å²) in [5, 5.41) is 0.434. The first-order valence-electron chi connectivity index (χ1n) is 9.65. The number of aromatic nitrogens is 2. The summed E-state index contributed by atoms with van der Waals surface area (Å²) in [4.78, 5) is 32.8. The number of carbonyl (C=O) groups is 1. The molecule has 3 rings (SSSR count). The maximum atomic E-state index is 12.5. The van der Waals surface area contributed by atoms with Crippen LogP contribution < -0.4 is 10.3 Å². The molecule has 0 amide bonds. The zero-order valence-corrected chi connectivity index (χ0v) is 17.6. The first kappa shape index (κ1) is 20.8. The highest BCUT2D eigenvalue weighted by Crippen LogP contribution is 2.27. The molecule has 1 N–H and O–H groups in total. The molecule has 29 heavy (non-hydrogen) atoms. The fraction of sp³-hybridized carbons (Fsp3) is 0.318. The molecule has 0 radical (unpaired) electrons. The maximum Gasteiger partial charge on any atom is 0.348 e. The van der Waals surface area contributed by atoms with Crippen LogP contribution in [-0.4, -0.2) is 29.2 Å². The summed E-state index contributed by atoms with van der Waals surface area (Å²) in [6.07, 6.45) is 5.74. The Labute approximate surface area is 173 Å². The van der Waals surface area contributed by atoms with Gasteiger partial charge in [0.05, 0.1) is 18.6 Å². The van der Waals surface area contributed by atoms with E-state index in [9.17, 15) is 9.59 Å². The van der Waals surface area contributed by atoms with Crippen molar-refractivity contribution >= 4 is 39.7 Å². The number of ether oxygens (including phenoxy) is 2. The number of unbranched alkanes of at least 4 members (excludes halogenated alkanes) is 1. The highest BCUT2D eigenvalue weighted by molar-refractivity contribution is 7.20. The maximum absolute atomic E-state index is 12.5. The quantitative estimate of drug-likeness (QED) is 0.424. The van der Waals surface area contributed by atoms with Crippen molar-refractivity contribution in [2.45, 2.75) is 33.6 Å². The van der Waals surface area contributed by atoms with Crippen molar-refractivity contribution in [3.8, 4) is 5.75 Å². The van der Waals surface area contributed by atoms with Crippen LogP contribution in [0.1, 0.15) is 53.3 Å². The molecule has 0 bridgehead atoms. The van der Waals surface area contributed by atoms with Crippen LogP contribution in [0.3, 0.4) is 0 Å². The van der Waals surface area contributed by atoms with Crippen molar-refractivity contribution in [1.82, 2.24) is 9.97 Å². The number of aromatic amines is 1. The second kappa shape index (κ2) is 9.52. The molecule has 0 aliphatic carbocycles. The van der Waals surface area contributed by atoms with Gasteiger partial charge in [-0.15, -0.1) is 11.3 Å². The lowest BCUT2D eigenvalue weighted by Gasteiger charge is -2.05. The smallest absolute Gasteiger partial charge is 0.348 e. The highest BCUT2D eigenvalue weighted by Gasteiger charge is 2.19. The minimum absolute atomic E-state index is 0.265. The van der Waals surface area contributed by atoms with E-state index in [4.69, 9.17) is 9.47 Å². The molecular formula is C22H24N2O4S. The summed E-state index contributed by atoms with van der Waals surface area (Å²) in [6, 6.07) is 7.73. The summed E-state index contributed by atoms with van der Waals surface area (Å²) >= 11 is 1.18. The highest BCUT2D eigenvalue weighted by atomic mass is 32.1. The van der Waals surface area contributed by atoms with Crippen LogP contribution in [0.2, 0.25) is 0 Å². The summed E-state index contributed by atoms with van der Waals surface area (Å²) in [6.45, 7) is 6.61. The standard InChI is InChI=1S/C22H24N2O4S/c1-4-6-13-28-16-10-7-15(8-11-16)9-12-17-23-20(25)18-14(3)19(22(26)27-5-2)29-21(18)24-17/h7-12H,4-6,13H2,1-3H3,(H,23,24,25)/b12-9+. The number of thiophene rings is 1. The zero-order valence-electron chi connectivity index (χ0n) is 16.8. The lowest BCUT2D eigenvalue weighted by atomic mass is 10.2. The van der Waals surface area contributed by atoms with Gasteiger partial charge in [-0.25, -0.2) is 9.78 Å². The Bertz CT molecular complexity index is 1080. The molecule has 0 unspecified atom stereocenters. The van der Waals surface area contributed by atoms with Gasteiger partial charge >= 0.3 is 5.97 Å². The van der Waals surface area contributed by atoms with Crippen LogP contribution in [0.4, 0.5) is 0 Å². The SMILES string of the molecule is CCCCOc1ccc(/C=C/c2nc3sc(C(=O)OCC)c(C)c3c(=O)[nH]2)cc1. The topological polar surface area (TPSA) is 81.3 Å². The van der Waals surface area contributed by atoms with Crippen molar-refractivity contribution in [3.63, 3.8) is 0 Å². The third-order valence-corrected chi connectivity index (χ3v) is 5.53. The lowest BCUT2D eigenvalue weighted by Crippen LogP contribution is -2.10. The molecule has 0 aliphatic rings. The van der Waals surface area contributed by atoms with Crippen LogP contribution in [0.15, 0.2) is 29.1 Å². The second-order valence-corrected chi connectivity index (χ2v) is 7.51. The molecule has 2 heterocycles. The average Bonchev–Trinajstić information content (AvgIpc) is 3.05. The molecule has 0 fully saturated rings. The van der Waals surface area contributed by atoms with Crippen LogP contribution in [0.25, 0.3) is 22.4 Å². The third kappa shape index (κ3) is 4.92. The first-order chi connectivity index (χ1) is 14.0. The Morgan fingerprint density at radius 1 is 1.21 bits per heavy atom.